The lowest BCUT2D eigenvalue weighted by atomic mass is 10.1. The van der Waals surface area contributed by atoms with Gasteiger partial charge < -0.3 is 20.3 Å². The van der Waals surface area contributed by atoms with Crippen LogP contribution in [0.1, 0.15) is 11.6 Å². The van der Waals surface area contributed by atoms with Crippen molar-refractivity contribution in [3.63, 3.8) is 0 Å². The largest absolute Gasteiger partial charge is 0.493 e. The molecule has 0 saturated heterocycles. The third kappa shape index (κ3) is 2.55. The van der Waals surface area contributed by atoms with Crippen molar-refractivity contribution in [2.75, 3.05) is 20.8 Å². The normalized spacial score (nSPS) is 12.1. The van der Waals surface area contributed by atoms with Gasteiger partial charge in [-0.2, -0.15) is 0 Å². The summed E-state index contributed by atoms with van der Waals surface area (Å²) in [7, 11) is 2.76. The minimum atomic E-state index is -0.817. The molecule has 0 bridgehead atoms. The second-order valence-corrected chi connectivity index (χ2v) is 4.20. The monoisotopic (exact) mass is 320 g/mol. The van der Waals surface area contributed by atoms with Crippen LogP contribution in [0.3, 0.4) is 0 Å². The molecule has 8 heteroatoms. The maximum absolute atomic E-state index is 10.9. The maximum atomic E-state index is 10.9. The molecule has 18 heavy (non-hydrogen) atoms. The summed E-state index contributed by atoms with van der Waals surface area (Å²) in [5.74, 6) is 0.447. The Bertz CT molecular complexity index is 466. The summed E-state index contributed by atoms with van der Waals surface area (Å²) in [5, 5.41) is 20.0. The molecule has 100 valence electrons. The van der Waals surface area contributed by atoms with Crippen LogP contribution in [0.2, 0.25) is 0 Å². The van der Waals surface area contributed by atoms with Crippen LogP contribution in [0.4, 0.5) is 5.69 Å². The highest BCUT2D eigenvalue weighted by Gasteiger charge is 2.27. The zero-order chi connectivity index (χ0) is 13.9. The van der Waals surface area contributed by atoms with E-state index in [1.165, 1.54) is 20.3 Å². The van der Waals surface area contributed by atoms with E-state index in [1.54, 1.807) is 0 Å². The molecule has 0 radical (unpaired) electrons. The molecule has 1 atom stereocenters. The van der Waals surface area contributed by atoms with E-state index in [-0.39, 0.29) is 28.3 Å². The molecule has 0 aromatic heterocycles. The first-order chi connectivity index (χ1) is 8.47. The number of nitrogens with zero attached hydrogens (tertiary/aromatic N) is 1. The summed E-state index contributed by atoms with van der Waals surface area (Å²) < 4.78 is 10.3. The minimum absolute atomic E-state index is 0.173. The molecule has 3 N–H and O–H groups in total. The van der Waals surface area contributed by atoms with Gasteiger partial charge in [0.05, 0.1) is 37.9 Å². The third-order valence-electron chi connectivity index (χ3n) is 2.39. The van der Waals surface area contributed by atoms with Gasteiger partial charge in [-0.3, -0.25) is 10.1 Å². The van der Waals surface area contributed by atoms with E-state index in [0.29, 0.717) is 5.56 Å². The van der Waals surface area contributed by atoms with E-state index in [9.17, 15) is 10.1 Å². The molecule has 0 fully saturated rings. The second-order valence-electron chi connectivity index (χ2n) is 3.41. The number of aliphatic hydroxyl groups excluding tert-OH is 1. The zero-order valence-corrected chi connectivity index (χ0v) is 11.4. The second kappa shape index (κ2) is 5.98. The Hall–Kier alpha value is -1.38. The third-order valence-corrected chi connectivity index (χ3v) is 3.22. The summed E-state index contributed by atoms with van der Waals surface area (Å²) in [4.78, 5) is 10.4. The molecule has 0 unspecified atom stereocenters. The molecule has 1 aromatic carbocycles. The summed E-state index contributed by atoms with van der Waals surface area (Å²) in [6.45, 7) is -0.376. The van der Waals surface area contributed by atoms with Gasteiger partial charge in [-0.05, 0) is 15.9 Å². The van der Waals surface area contributed by atoms with Crippen molar-refractivity contribution in [1.82, 2.24) is 0 Å². The van der Waals surface area contributed by atoms with Crippen LogP contribution in [0, 0.1) is 10.1 Å². The minimum Gasteiger partial charge on any atom is -0.493 e. The van der Waals surface area contributed by atoms with E-state index < -0.39 is 11.0 Å². The van der Waals surface area contributed by atoms with E-state index in [1.807, 2.05) is 0 Å². The maximum Gasteiger partial charge on any atom is 0.287 e. The smallest absolute Gasteiger partial charge is 0.287 e. The first-order valence-electron chi connectivity index (χ1n) is 4.93. The van der Waals surface area contributed by atoms with Gasteiger partial charge in [-0.15, -0.1) is 0 Å². The van der Waals surface area contributed by atoms with Crippen LogP contribution in [0.5, 0.6) is 11.5 Å². The van der Waals surface area contributed by atoms with Gasteiger partial charge in [0, 0.05) is 5.56 Å². The molecule has 0 aliphatic heterocycles. The quantitative estimate of drug-likeness (QED) is 0.626. The Kier molecular flexibility index (Phi) is 4.88. The molecule has 0 aliphatic carbocycles. The lowest BCUT2D eigenvalue weighted by Gasteiger charge is -2.18. The standard InChI is InChI=1S/C10H13BrN2O5/c1-17-7-3-6(13(15)16)9(11)8(5(12)4-14)10(7)18-2/h3,5,14H,4,12H2,1-2H3/t5-/m1/s1. The Morgan fingerprint density at radius 2 is 2.17 bits per heavy atom. The summed E-state index contributed by atoms with van der Waals surface area (Å²) >= 11 is 3.11. The number of nitro groups is 1. The van der Waals surface area contributed by atoms with E-state index in [4.69, 9.17) is 20.3 Å². The first-order valence-corrected chi connectivity index (χ1v) is 5.72. The van der Waals surface area contributed by atoms with Gasteiger partial charge in [0.25, 0.3) is 5.69 Å². The topological polar surface area (TPSA) is 108 Å². The van der Waals surface area contributed by atoms with E-state index >= 15 is 0 Å². The molecule has 0 saturated carbocycles. The molecule has 0 amide bonds. The highest BCUT2D eigenvalue weighted by atomic mass is 79.9. The lowest BCUT2D eigenvalue weighted by Crippen LogP contribution is -2.17. The molecular formula is C10H13BrN2O5. The predicted molar refractivity (Wildman–Crippen MR) is 67.9 cm³/mol. The fourth-order valence-electron chi connectivity index (χ4n) is 1.54. The number of nitrogens with two attached hydrogens (primary N) is 1. The Morgan fingerprint density at radius 3 is 2.56 bits per heavy atom. The Labute approximate surface area is 112 Å². The van der Waals surface area contributed by atoms with Crippen molar-refractivity contribution >= 4 is 21.6 Å². The van der Waals surface area contributed by atoms with Crippen molar-refractivity contribution < 1.29 is 19.5 Å². The Balaban J connectivity index is 3.61. The molecule has 0 spiro atoms. The van der Waals surface area contributed by atoms with Crippen LogP contribution in [-0.2, 0) is 0 Å². The number of hydrogen-bond donors (Lipinski definition) is 2. The van der Waals surface area contributed by atoms with E-state index in [2.05, 4.69) is 15.9 Å². The van der Waals surface area contributed by atoms with Crippen molar-refractivity contribution in [1.29, 1.82) is 0 Å². The van der Waals surface area contributed by atoms with Gasteiger partial charge >= 0.3 is 0 Å². The summed E-state index contributed by atoms with van der Waals surface area (Å²) in [6, 6.07) is 0.416. The average Bonchev–Trinajstić information content (AvgIpc) is 2.36. The molecule has 1 rings (SSSR count). The van der Waals surface area contributed by atoms with Crippen molar-refractivity contribution in [3.8, 4) is 11.5 Å². The highest BCUT2D eigenvalue weighted by molar-refractivity contribution is 9.10. The first kappa shape index (κ1) is 14.7. The van der Waals surface area contributed by atoms with Crippen molar-refractivity contribution in [3.05, 3.63) is 26.2 Å². The number of nitro benzene ring substituents is 1. The van der Waals surface area contributed by atoms with Crippen LogP contribution in [-0.4, -0.2) is 30.9 Å². The van der Waals surface area contributed by atoms with E-state index in [0.717, 1.165) is 0 Å². The van der Waals surface area contributed by atoms with Crippen molar-refractivity contribution in [2.45, 2.75) is 6.04 Å². The molecule has 0 heterocycles. The fourth-order valence-corrected chi connectivity index (χ4v) is 2.27. The lowest BCUT2D eigenvalue weighted by molar-refractivity contribution is -0.385. The molecule has 7 nitrogen and oxygen atoms in total. The van der Waals surface area contributed by atoms with Gasteiger partial charge in [-0.25, -0.2) is 0 Å². The number of aliphatic hydroxyl groups is 1. The average molecular weight is 321 g/mol. The Morgan fingerprint density at radius 1 is 1.56 bits per heavy atom. The van der Waals surface area contributed by atoms with Gasteiger partial charge in [0.15, 0.2) is 11.5 Å². The predicted octanol–water partition coefficient (Wildman–Crippen LogP) is 1.37. The van der Waals surface area contributed by atoms with Gasteiger partial charge in [0.2, 0.25) is 0 Å². The van der Waals surface area contributed by atoms with Crippen LogP contribution in [0.15, 0.2) is 10.5 Å². The fraction of sp³-hybridized carbons (Fsp3) is 0.400. The van der Waals surface area contributed by atoms with Crippen molar-refractivity contribution in [2.24, 2.45) is 5.73 Å². The number of benzene rings is 1. The number of rotatable bonds is 5. The highest BCUT2D eigenvalue weighted by Crippen LogP contribution is 2.44. The van der Waals surface area contributed by atoms with Crippen LogP contribution < -0.4 is 15.2 Å². The van der Waals surface area contributed by atoms with Crippen LogP contribution >= 0.6 is 15.9 Å². The summed E-state index contributed by atoms with van der Waals surface area (Å²) in [5.41, 5.74) is 5.82. The number of methoxy groups -OCH3 is 2. The molecule has 1 aromatic rings. The zero-order valence-electron chi connectivity index (χ0n) is 9.84. The molecular weight excluding hydrogens is 308 g/mol. The number of halogens is 1. The SMILES string of the molecule is COc1cc([N+](=O)[O-])c(Br)c([C@H](N)CO)c1OC. The number of hydrogen-bond acceptors (Lipinski definition) is 6. The number of ether oxygens (including phenoxy) is 2. The van der Waals surface area contributed by atoms with Gasteiger partial charge in [0.1, 0.15) is 4.47 Å². The van der Waals surface area contributed by atoms with Crippen LogP contribution in [0.25, 0.3) is 0 Å². The summed E-state index contributed by atoms with van der Waals surface area (Å²) in [6.07, 6.45) is 0. The van der Waals surface area contributed by atoms with Gasteiger partial charge in [-0.1, -0.05) is 0 Å². The molecule has 0 aliphatic rings.